The topological polar surface area (TPSA) is 110 Å². The van der Waals surface area contributed by atoms with Gasteiger partial charge < -0.3 is 5.32 Å². The van der Waals surface area contributed by atoms with Crippen molar-refractivity contribution in [1.82, 2.24) is 10.2 Å². The molecule has 1 N–H and O–H groups in total. The second-order valence-corrected chi connectivity index (χ2v) is 11.1. The predicted molar refractivity (Wildman–Crippen MR) is 124 cm³/mol. The Hall–Kier alpha value is -2.68. The van der Waals surface area contributed by atoms with Crippen LogP contribution in [0.3, 0.4) is 0 Å². The molecule has 4 aliphatic carbocycles. The van der Waals surface area contributed by atoms with E-state index in [1.807, 2.05) is 0 Å². The van der Waals surface area contributed by atoms with Crippen LogP contribution in [0.25, 0.3) is 6.08 Å². The molecule has 4 bridgehead atoms. The van der Waals surface area contributed by atoms with Crippen LogP contribution in [0.4, 0.5) is 10.5 Å². The number of nitro groups is 1. The summed E-state index contributed by atoms with van der Waals surface area (Å²) in [5.74, 6) is 2.00. The number of non-ortho nitro benzene ring substituents is 1. The number of benzene rings is 1. The van der Waals surface area contributed by atoms with Gasteiger partial charge in [-0.05, 0) is 97.2 Å². The Morgan fingerprint density at radius 1 is 1.12 bits per heavy atom. The molecule has 5 fully saturated rings. The summed E-state index contributed by atoms with van der Waals surface area (Å²) in [5.41, 5.74) is 0.730. The largest absolute Gasteiger partial charge is 0.354 e. The van der Waals surface area contributed by atoms with Gasteiger partial charge in [-0.15, -0.1) is 0 Å². The third-order valence-corrected chi connectivity index (χ3v) is 8.54. The maximum atomic E-state index is 12.7. The van der Waals surface area contributed by atoms with Gasteiger partial charge in [0, 0.05) is 31.6 Å². The first kappa shape index (κ1) is 22.1. The molecular formula is C24H27N3O5S. The van der Waals surface area contributed by atoms with Gasteiger partial charge in [0.15, 0.2) is 0 Å². The maximum Gasteiger partial charge on any atom is 0.293 e. The number of nitro benzene ring substituents is 1. The van der Waals surface area contributed by atoms with Gasteiger partial charge in [0.05, 0.1) is 9.83 Å². The van der Waals surface area contributed by atoms with Gasteiger partial charge in [-0.3, -0.25) is 29.4 Å². The molecule has 9 heteroatoms. The van der Waals surface area contributed by atoms with Crippen molar-refractivity contribution in [2.45, 2.75) is 44.9 Å². The fraction of sp³-hybridized carbons (Fsp3) is 0.542. The molecule has 1 aromatic rings. The molecule has 1 saturated heterocycles. The van der Waals surface area contributed by atoms with Gasteiger partial charge in [0.2, 0.25) is 5.91 Å². The van der Waals surface area contributed by atoms with Crippen molar-refractivity contribution < 1.29 is 19.3 Å². The van der Waals surface area contributed by atoms with Crippen molar-refractivity contribution in [3.63, 3.8) is 0 Å². The Labute approximate surface area is 196 Å². The Morgan fingerprint density at radius 3 is 2.30 bits per heavy atom. The summed E-state index contributed by atoms with van der Waals surface area (Å²) in [4.78, 5) is 49.4. The molecule has 1 heterocycles. The van der Waals surface area contributed by atoms with Crippen molar-refractivity contribution in [2.24, 2.45) is 23.2 Å². The molecule has 5 aliphatic rings. The molecule has 0 aromatic heterocycles. The zero-order valence-corrected chi connectivity index (χ0v) is 19.1. The van der Waals surface area contributed by atoms with Gasteiger partial charge in [0.25, 0.3) is 16.8 Å². The number of nitrogens with one attached hydrogen (secondary N) is 1. The number of nitrogens with zero attached hydrogens (tertiary/aromatic N) is 2. The van der Waals surface area contributed by atoms with E-state index in [1.54, 1.807) is 6.08 Å². The second kappa shape index (κ2) is 8.59. The lowest BCUT2D eigenvalue weighted by Crippen LogP contribution is -2.48. The number of carbonyl (C=O) groups excluding carboxylic acids is 3. The Morgan fingerprint density at radius 2 is 1.73 bits per heavy atom. The van der Waals surface area contributed by atoms with Gasteiger partial charge >= 0.3 is 0 Å². The zero-order valence-electron chi connectivity index (χ0n) is 18.3. The minimum atomic E-state index is -0.491. The molecule has 6 rings (SSSR count). The van der Waals surface area contributed by atoms with Gasteiger partial charge in [0.1, 0.15) is 0 Å². The Kier molecular flexibility index (Phi) is 5.76. The van der Waals surface area contributed by atoms with E-state index in [0.717, 1.165) is 34.4 Å². The fourth-order valence-corrected chi connectivity index (χ4v) is 7.62. The molecule has 0 radical (unpaired) electrons. The molecule has 33 heavy (non-hydrogen) atoms. The summed E-state index contributed by atoms with van der Waals surface area (Å²) in [6.45, 7) is 0.378. The van der Waals surface area contributed by atoms with Crippen molar-refractivity contribution in [2.75, 3.05) is 13.1 Å². The number of carbonyl (C=O) groups is 3. The highest BCUT2D eigenvalue weighted by molar-refractivity contribution is 8.18. The SMILES string of the molecule is O=C(CC12CC3CC(CC(C3)C1)C2)NCCN1C(=O)S/C(=C/c2ccc([N+](=O)[O-])cc2)C1=O. The number of hydrogen-bond acceptors (Lipinski definition) is 6. The van der Waals surface area contributed by atoms with E-state index in [1.165, 1.54) is 62.8 Å². The van der Waals surface area contributed by atoms with Crippen LogP contribution in [0, 0.1) is 33.3 Å². The van der Waals surface area contributed by atoms with Crippen molar-refractivity contribution in [3.8, 4) is 0 Å². The molecule has 1 aliphatic heterocycles. The van der Waals surface area contributed by atoms with E-state index in [0.29, 0.717) is 12.0 Å². The average Bonchev–Trinajstić information content (AvgIpc) is 3.00. The van der Waals surface area contributed by atoms with Crippen LogP contribution in [0.5, 0.6) is 0 Å². The van der Waals surface area contributed by atoms with Gasteiger partial charge in [-0.25, -0.2) is 0 Å². The first-order valence-electron chi connectivity index (χ1n) is 11.6. The van der Waals surface area contributed by atoms with E-state index in [9.17, 15) is 24.5 Å². The van der Waals surface area contributed by atoms with Gasteiger partial charge in [-0.1, -0.05) is 0 Å². The van der Waals surface area contributed by atoms with Crippen LogP contribution in [-0.4, -0.2) is 40.0 Å². The number of amides is 3. The molecular weight excluding hydrogens is 442 g/mol. The number of rotatable bonds is 7. The van der Waals surface area contributed by atoms with E-state index < -0.39 is 10.8 Å². The summed E-state index contributed by atoms with van der Waals surface area (Å²) in [6.07, 6.45) is 9.64. The van der Waals surface area contributed by atoms with Crippen molar-refractivity contribution in [1.29, 1.82) is 0 Å². The summed E-state index contributed by atoms with van der Waals surface area (Å²) in [5, 5.41) is 13.3. The summed E-state index contributed by atoms with van der Waals surface area (Å²) in [7, 11) is 0. The third-order valence-electron chi connectivity index (χ3n) is 7.63. The Balaban J connectivity index is 1.13. The normalized spacial score (nSPS) is 31.5. The highest BCUT2D eigenvalue weighted by Crippen LogP contribution is 2.61. The Bertz CT molecular complexity index is 1000. The van der Waals surface area contributed by atoms with Crippen LogP contribution in [0.15, 0.2) is 29.2 Å². The van der Waals surface area contributed by atoms with Crippen molar-refractivity contribution in [3.05, 3.63) is 44.8 Å². The zero-order chi connectivity index (χ0) is 23.2. The average molecular weight is 470 g/mol. The number of thioether (sulfide) groups is 1. The summed E-state index contributed by atoms with van der Waals surface area (Å²) in [6, 6.07) is 5.79. The van der Waals surface area contributed by atoms with Crippen LogP contribution in [-0.2, 0) is 9.59 Å². The predicted octanol–water partition coefficient (Wildman–Crippen LogP) is 4.35. The molecule has 4 saturated carbocycles. The van der Waals surface area contributed by atoms with E-state index in [-0.39, 0.29) is 40.2 Å². The number of hydrogen-bond donors (Lipinski definition) is 1. The molecule has 8 nitrogen and oxygen atoms in total. The molecule has 3 amide bonds. The lowest BCUT2D eigenvalue weighted by Gasteiger charge is -2.56. The first-order chi connectivity index (χ1) is 15.8. The minimum absolute atomic E-state index is 0.0188. The first-order valence-corrected chi connectivity index (χ1v) is 12.4. The maximum absolute atomic E-state index is 12.7. The molecule has 0 spiro atoms. The second-order valence-electron chi connectivity index (χ2n) is 10.1. The van der Waals surface area contributed by atoms with Crippen LogP contribution in [0.1, 0.15) is 50.5 Å². The fourth-order valence-electron chi connectivity index (χ4n) is 6.75. The quantitative estimate of drug-likeness (QED) is 0.361. The monoisotopic (exact) mass is 469 g/mol. The standard InChI is InChI=1S/C24H27N3O5S/c28-21(14-24-11-16-7-17(12-24)9-18(8-16)13-24)25-5-6-26-22(29)20(33-23(26)30)10-15-1-3-19(4-2-15)27(31)32/h1-4,10,16-18H,5-9,11-14H2,(H,25,28)/b20-10+. The number of imide groups is 1. The minimum Gasteiger partial charge on any atom is -0.354 e. The smallest absolute Gasteiger partial charge is 0.293 e. The lowest BCUT2D eigenvalue weighted by atomic mass is 9.49. The van der Waals surface area contributed by atoms with Crippen LogP contribution < -0.4 is 5.32 Å². The third kappa shape index (κ3) is 4.55. The molecule has 1 aromatic carbocycles. The summed E-state index contributed by atoms with van der Waals surface area (Å²) >= 11 is 0.842. The lowest BCUT2D eigenvalue weighted by molar-refractivity contribution is -0.384. The molecule has 0 unspecified atom stereocenters. The highest BCUT2D eigenvalue weighted by atomic mass is 32.2. The van der Waals surface area contributed by atoms with Crippen LogP contribution >= 0.6 is 11.8 Å². The van der Waals surface area contributed by atoms with Gasteiger partial charge in [-0.2, -0.15) is 0 Å². The van der Waals surface area contributed by atoms with E-state index in [4.69, 9.17) is 0 Å². The van der Waals surface area contributed by atoms with Crippen molar-refractivity contribution >= 4 is 40.6 Å². The highest BCUT2D eigenvalue weighted by Gasteiger charge is 2.51. The van der Waals surface area contributed by atoms with E-state index >= 15 is 0 Å². The molecule has 0 atom stereocenters. The molecule has 174 valence electrons. The summed E-state index contributed by atoms with van der Waals surface area (Å²) < 4.78 is 0. The van der Waals surface area contributed by atoms with Crippen LogP contribution in [0.2, 0.25) is 0 Å². The van der Waals surface area contributed by atoms with E-state index in [2.05, 4.69) is 5.32 Å².